The molecule has 0 amide bonds. The Morgan fingerprint density at radius 3 is 2.94 bits per heavy atom. The highest BCUT2D eigenvalue weighted by Gasteiger charge is 2.18. The van der Waals surface area contributed by atoms with Gasteiger partial charge in [-0.15, -0.1) is 0 Å². The van der Waals surface area contributed by atoms with Crippen molar-refractivity contribution < 1.29 is 4.79 Å². The molecular formula is C13H20N2O. The maximum absolute atomic E-state index is 12.0. The first-order valence-corrected chi connectivity index (χ1v) is 6.36. The van der Waals surface area contributed by atoms with Crippen molar-refractivity contribution in [2.24, 2.45) is 5.92 Å². The van der Waals surface area contributed by atoms with Gasteiger partial charge in [0.05, 0.1) is 0 Å². The number of aryl methyl sites for hydroxylation is 1. The molecule has 3 nitrogen and oxygen atoms in total. The van der Waals surface area contributed by atoms with Crippen molar-refractivity contribution in [2.45, 2.75) is 52.0 Å². The van der Waals surface area contributed by atoms with Crippen LogP contribution in [0.2, 0.25) is 0 Å². The number of rotatable bonds is 5. The van der Waals surface area contributed by atoms with Gasteiger partial charge in [-0.05, 0) is 25.3 Å². The van der Waals surface area contributed by atoms with E-state index in [1.54, 1.807) is 10.9 Å². The zero-order chi connectivity index (χ0) is 11.4. The van der Waals surface area contributed by atoms with Crippen molar-refractivity contribution in [3.05, 3.63) is 18.0 Å². The van der Waals surface area contributed by atoms with E-state index >= 15 is 0 Å². The predicted molar refractivity (Wildman–Crippen MR) is 63.4 cm³/mol. The molecule has 1 heterocycles. The second kappa shape index (κ2) is 5.28. The van der Waals surface area contributed by atoms with Crippen LogP contribution in [0.25, 0.3) is 0 Å². The largest absolute Gasteiger partial charge is 0.292 e. The number of ketones is 1. The van der Waals surface area contributed by atoms with E-state index in [4.69, 9.17) is 0 Å². The van der Waals surface area contributed by atoms with E-state index in [9.17, 15) is 4.79 Å². The first-order chi connectivity index (χ1) is 7.81. The van der Waals surface area contributed by atoms with Crippen molar-refractivity contribution in [1.29, 1.82) is 0 Å². The maximum Gasteiger partial charge on any atom is 0.180 e. The summed E-state index contributed by atoms with van der Waals surface area (Å²) in [4.78, 5) is 12.0. The molecule has 0 saturated heterocycles. The molecule has 1 aromatic rings. The lowest BCUT2D eigenvalue weighted by Crippen LogP contribution is -2.10. The Kier molecular flexibility index (Phi) is 3.75. The van der Waals surface area contributed by atoms with E-state index in [0.717, 1.165) is 24.6 Å². The van der Waals surface area contributed by atoms with Crippen molar-refractivity contribution in [3.8, 4) is 0 Å². The summed E-state index contributed by atoms with van der Waals surface area (Å²) in [7, 11) is 0. The summed E-state index contributed by atoms with van der Waals surface area (Å²) >= 11 is 0. The minimum atomic E-state index is 0.256. The third-order valence-electron chi connectivity index (χ3n) is 3.56. The molecule has 0 atom stereocenters. The average molecular weight is 220 g/mol. The number of carbonyl (C=O) groups excluding carboxylic acids is 1. The molecule has 88 valence electrons. The second-order valence-corrected chi connectivity index (χ2v) is 4.64. The Bertz CT molecular complexity index is 351. The summed E-state index contributed by atoms with van der Waals surface area (Å²) < 4.78 is 1.79. The van der Waals surface area contributed by atoms with E-state index < -0.39 is 0 Å². The third kappa shape index (κ3) is 2.52. The van der Waals surface area contributed by atoms with Crippen molar-refractivity contribution in [2.75, 3.05) is 0 Å². The molecule has 0 bridgehead atoms. The smallest absolute Gasteiger partial charge is 0.180 e. The topological polar surface area (TPSA) is 34.9 Å². The monoisotopic (exact) mass is 220 g/mol. The van der Waals surface area contributed by atoms with E-state index in [0.29, 0.717) is 6.42 Å². The fraction of sp³-hybridized carbons (Fsp3) is 0.692. The number of Topliss-reactive ketones (excluding diaryl/α,β-unsaturated/α-hetero) is 1. The Morgan fingerprint density at radius 1 is 1.50 bits per heavy atom. The molecule has 0 aromatic carbocycles. The van der Waals surface area contributed by atoms with Crippen LogP contribution in [0.4, 0.5) is 0 Å². The highest BCUT2D eigenvalue weighted by Crippen LogP contribution is 2.28. The highest BCUT2D eigenvalue weighted by molar-refractivity contribution is 5.94. The average Bonchev–Trinajstić information content (AvgIpc) is 2.96. The fourth-order valence-corrected chi connectivity index (χ4v) is 2.58. The summed E-state index contributed by atoms with van der Waals surface area (Å²) in [6.07, 6.45) is 8.81. The van der Waals surface area contributed by atoms with Gasteiger partial charge in [-0.25, -0.2) is 0 Å². The number of hydrogen-bond acceptors (Lipinski definition) is 2. The summed E-state index contributed by atoms with van der Waals surface area (Å²) in [6, 6.07) is 1.83. The minimum Gasteiger partial charge on any atom is -0.292 e. The first-order valence-electron chi connectivity index (χ1n) is 6.36. The molecule has 1 aliphatic rings. The molecular weight excluding hydrogens is 200 g/mol. The van der Waals surface area contributed by atoms with Crippen molar-refractivity contribution in [3.63, 3.8) is 0 Å². The van der Waals surface area contributed by atoms with Crippen LogP contribution in [0.3, 0.4) is 0 Å². The molecule has 0 N–H and O–H groups in total. The van der Waals surface area contributed by atoms with Crippen LogP contribution in [-0.2, 0) is 6.54 Å². The van der Waals surface area contributed by atoms with Gasteiger partial charge in [0.2, 0.25) is 0 Å². The quantitative estimate of drug-likeness (QED) is 0.715. The summed E-state index contributed by atoms with van der Waals surface area (Å²) in [5.41, 5.74) is 0.778. The Labute approximate surface area is 96.8 Å². The summed E-state index contributed by atoms with van der Waals surface area (Å²) in [5, 5.41) is 4.13. The lowest BCUT2D eigenvalue weighted by Gasteiger charge is -2.08. The van der Waals surface area contributed by atoms with Crippen LogP contribution < -0.4 is 0 Å². The van der Waals surface area contributed by atoms with Gasteiger partial charge in [0.15, 0.2) is 5.78 Å². The summed E-state index contributed by atoms with van der Waals surface area (Å²) in [6.45, 7) is 2.79. The lowest BCUT2D eigenvalue weighted by atomic mass is 9.99. The van der Waals surface area contributed by atoms with Gasteiger partial charge < -0.3 is 0 Å². The molecule has 0 aliphatic heterocycles. The van der Waals surface area contributed by atoms with Gasteiger partial charge in [0.25, 0.3) is 0 Å². The van der Waals surface area contributed by atoms with Crippen LogP contribution in [0.5, 0.6) is 0 Å². The van der Waals surface area contributed by atoms with Gasteiger partial charge in [0, 0.05) is 19.2 Å². The molecule has 0 unspecified atom stereocenters. The van der Waals surface area contributed by atoms with E-state index in [1.165, 1.54) is 25.7 Å². The van der Waals surface area contributed by atoms with Gasteiger partial charge in [-0.3, -0.25) is 9.48 Å². The SMILES string of the molecule is CCn1nccc1C(=O)CCC1CCCC1. The molecule has 1 saturated carbocycles. The molecule has 16 heavy (non-hydrogen) atoms. The van der Waals surface area contributed by atoms with Crippen LogP contribution in [0, 0.1) is 5.92 Å². The van der Waals surface area contributed by atoms with Gasteiger partial charge >= 0.3 is 0 Å². The molecule has 0 spiro atoms. The zero-order valence-corrected chi connectivity index (χ0v) is 9.98. The van der Waals surface area contributed by atoms with Crippen LogP contribution in [-0.4, -0.2) is 15.6 Å². The number of hydrogen-bond donors (Lipinski definition) is 0. The van der Waals surface area contributed by atoms with Crippen LogP contribution in [0.15, 0.2) is 12.3 Å². The molecule has 1 fully saturated rings. The van der Waals surface area contributed by atoms with E-state index in [2.05, 4.69) is 5.10 Å². The van der Waals surface area contributed by atoms with Gasteiger partial charge in [-0.1, -0.05) is 25.7 Å². The van der Waals surface area contributed by atoms with Crippen molar-refractivity contribution >= 4 is 5.78 Å². The molecule has 2 rings (SSSR count). The molecule has 0 radical (unpaired) electrons. The van der Waals surface area contributed by atoms with Crippen LogP contribution >= 0.6 is 0 Å². The number of aromatic nitrogens is 2. The van der Waals surface area contributed by atoms with E-state index in [1.807, 2.05) is 13.0 Å². The summed E-state index contributed by atoms with van der Waals surface area (Å²) in [5.74, 6) is 1.05. The second-order valence-electron chi connectivity index (χ2n) is 4.64. The minimum absolute atomic E-state index is 0.256. The fourth-order valence-electron chi connectivity index (χ4n) is 2.58. The van der Waals surface area contributed by atoms with E-state index in [-0.39, 0.29) is 5.78 Å². The number of nitrogens with zero attached hydrogens (tertiary/aromatic N) is 2. The van der Waals surface area contributed by atoms with Crippen LogP contribution in [0.1, 0.15) is 55.9 Å². The lowest BCUT2D eigenvalue weighted by molar-refractivity contribution is 0.0963. The Morgan fingerprint density at radius 2 is 2.25 bits per heavy atom. The zero-order valence-electron chi connectivity index (χ0n) is 9.98. The molecule has 1 aromatic heterocycles. The first kappa shape index (κ1) is 11.4. The molecule has 1 aliphatic carbocycles. The standard InChI is InChI=1S/C13H20N2O/c1-2-15-12(9-10-14-15)13(16)8-7-11-5-3-4-6-11/h9-11H,2-8H2,1H3. The van der Waals surface area contributed by atoms with Crippen molar-refractivity contribution in [1.82, 2.24) is 9.78 Å². The Hall–Kier alpha value is -1.12. The normalized spacial score (nSPS) is 16.8. The van der Waals surface area contributed by atoms with Gasteiger partial charge in [-0.2, -0.15) is 5.10 Å². The third-order valence-corrected chi connectivity index (χ3v) is 3.56. The predicted octanol–water partition coefficient (Wildman–Crippen LogP) is 3.06. The highest BCUT2D eigenvalue weighted by atomic mass is 16.1. The number of carbonyl (C=O) groups is 1. The Balaban J connectivity index is 1.87. The molecule has 3 heteroatoms. The van der Waals surface area contributed by atoms with Gasteiger partial charge in [0.1, 0.15) is 5.69 Å². The maximum atomic E-state index is 12.0.